The third-order valence-corrected chi connectivity index (χ3v) is 2.56. The van der Waals surface area contributed by atoms with Crippen LogP contribution in [-0.4, -0.2) is 16.0 Å². The largest absolute Gasteiger partial charge is 0.438 e. The van der Waals surface area contributed by atoms with E-state index in [1.54, 1.807) is 43.3 Å². The standard InChI is InChI=1S/C14H14N2O3/c1-9-5-6-12(13(15)18)14(16-9)19-11-4-2-3-10(7-11)8-17/h2-7,17H,8H2,1H3,(H2,15,18). The molecule has 0 saturated carbocycles. The fourth-order valence-corrected chi connectivity index (χ4v) is 1.62. The van der Waals surface area contributed by atoms with Gasteiger partial charge in [0.1, 0.15) is 11.3 Å². The molecule has 1 aromatic carbocycles. The number of rotatable bonds is 4. The van der Waals surface area contributed by atoms with Crippen molar-refractivity contribution < 1.29 is 14.6 Å². The first-order valence-electron chi connectivity index (χ1n) is 5.75. The van der Waals surface area contributed by atoms with Crippen LogP contribution in [-0.2, 0) is 6.61 Å². The van der Waals surface area contributed by atoms with Crippen molar-refractivity contribution in [1.29, 1.82) is 0 Å². The lowest BCUT2D eigenvalue weighted by molar-refractivity contribution is 0.0997. The summed E-state index contributed by atoms with van der Waals surface area (Å²) in [6, 6.07) is 10.2. The average molecular weight is 258 g/mol. The van der Waals surface area contributed by atoms with E-state index in [0.717, 1.165) is 5.69 Å². The second-order valence-electron chi connectivity index (χ2n) is 4.08. The van der Waals surface area contributed by atoms with Crippen LogP contribution in [0.15, 0.2) is 36.4 Å². The van der Waals surface area contributed by atoms with Crippen LogP contribution in [0.2, 0.25) is 0 Å². The molecule has 0 fully saturated rings. The molecule has 98 valence electrons. The summed E-state index contributed by atoms with van der Waals surface area (Å²) in [6.07, 6.45) is 0. The Morgan fingerprint density at radius 3 is 2.84 bits per heavy atom. The van der Waals surface area contributed by atoms with Gasteiger partial charge in [0.05, 0.1) is 6.61 Å². The van der Waals surface area contributed by atoms with Crippen LogP contribution in [0.4, 0.5) is 0 Å². The molecule has 0 aliphatic heterocycles. The first-order valence-corrected chi connectivity index (χ1v) is 5.75. The number of pyridine rings is 1. The topological polar surface area (TPSA) is 85.4 Å². The van der Waals surface area contributed by atoms with Crippen molar-refractivity contribution in [2.45, 2.75) is 13.5 Å². The molecule has 1 amide bonds. The Bertz CT molecular complexity index is 611. The number of aliphatic hydroxyl groups excluding tert-OH is 1. The van der Waals surface area contributed by atoms with Gasteiger partial charge < -0.3 is 15.6 Å². The zero-order valence-electron chi connectivity index (χ0n) is 10.5. The minimum Gasteiger partial charge on any atom is -0.438 e. The number of aliphatic hydroxyl groups is 1. The Hall–Kier alpha value is -2.40. The minimum absolute atomic E-state index is 0.0822. The molecule has 0 saturated heterocycles. The van der Waals surface area contributed by atoms with E-state index in [1.807, 2.05) is 0 Å². The highest BCUT2D eigenvalue weighted by Crippen LogP contribution is 2.24. The maximum atomic E-state index is 11.3. The van der Waals surface area contributed by atoms with Crippen molar-refractivity contribution in [3.63, 3.8) is 0 Å². The number of amides is 1. The molecule has 1 heterocycles. The zero-order valence-corrected chi connectivity index (χ0v) is 10.5. The number of nitrogens with two attached hydrogens (primary N) is 1. The summed E-state index contributed by atoms with van der Waals surface area (Å²) >= 11 is 0. The highest BCUT2D eigenvalue weighted by Gasteiger charge is 2.12. The number of aryl methyl sites for hydroxylation is 1. The summed E-state index contributed by atoms with van der Waals surface area (Å²) in [5.74, 6) is 0.0653. The summed E-state index contributed by atoms with van der Waals surface area (Å²) in [5.41, 5.74) is 6.93. The van der Waals surface area contributed by atoms with Crippen LogP contribution < -0.4 is 10.5 Å². The van der Waals surface area contributed by atoms with Crippen molar-refractivity contribution in [2.75, 3.05) is 0 Å². The molecule has 1 aromatic heterocycles. The maximum Gasteiger partial charge on any atom is 0.254 e. The van der Waals surface area contributed by atoms with Crippen LogP contribution in [0.5, 0.6) is 11.6 Å². The first kappa shape index (κ1) is 13.0. The van der Waals surface area contributed by atoms with E-state index in [-0.39, 0.29) is 18.1 Å². The number of ether oxygens (including phenoxy) is 1. The van der Waals surface area contributed by atoms with E-state index < -0.39 is 5.91 Å². The number of aromatic nitrogens is 1. The van der Waals surface area contributed by atoms with Gasteiger partial charge in [0.2, 0.25) is 5.88 Å². The van der Waals surface area contributed by atoms with Gasteiger partial charge in [-0.25, -0.2) is 4.98 Å². The zero-order chi connectivity index (χ0) is 13.8. The lowest BCUT2D eigenvalue weighted by Gasteiger charge is -2.09. The summed E-state index contributed by atoms with van der Waals surface area (Å²) in [5, 5.41) is 9.07. The minimum atomic E-state index is -0.596. The van der Waals surface area contributed by atoms with Gasteiger partial charge in [0.25, 0.3) is 5.91 Å². The lowest BCUT2D eigenvalue weighted by atomic mass is 10.2. The summed E-state index contributed by atoms with van der Waals surface area (Å²) in [7, 11) is 0. The molecule has 3 N–H and O–H groups in total. The fourth-order valence-electron chi connectivity index (χ4n) is 1.62. The van der Waals surface area contributed by atoms with Crippen LogP contribution in [0.1, 0.15) is 21.6 Å². The van der Waals surface area contributed by atoms with E-state index in [1.165, 1.54) is 0 Å². The van der Waals surface area contributed by atoms with Gasteiger partial charge in [0.15, 0.2) is 0 Å². The number of hydrogen-bond donors (Lipinski definition) is 2. The smallest absolute Gasteiger partial charge is 0.254 e. The Morgan fingerprint density at radius 1 is 1.37 bits per heavy atom. The predicted octanol–water partition coefficient (Wildman–Crippen LogP) is 1.77. The normalized spacial score (nSPS) is 10.2. The highest BCUT2D eigenvalue weighted by molar-refractivity contribution is 5.95. The Kier molecular flexibility index (Phi) is 3.77. The molecule has 0 unspecified atom stereocenters. The van der Waals surface area contributed by atoms with Crippen LogP contribution in [0.3, 0.4) is 0 Å². The predicted molar refractivity (Wildman–Crippen MR) is 69.9 cm³/mol. The van der Waals surface area contributed by atoms with Crippen molar-refractivity contribution in [3.8, 4) is 11.6 Å². The number of carbonyl (C=O) groups excluding carboxylic acids is 1. The molecule has 5 nitrogen and oxygen atoms in total. The number of primary amides is 1. The van der Waals surface area contributed by atoms with Crippen LogP contribution >= 0.6 is 0 Å². The number of carbonyl (C=O) groups is 1. The molecular formula is C14H14N2O3. The second-order valence-corrected chi connectivity index (χ2v) is 4.08. The highest BCUT2D eigenvalue weighted by atomic mass is 16.5. The van der Waals surface area contributed by atoms with Crippen molar-refractivity contribution in [3.05, 3.63) is 53.2 Å². The van der Waals surface area contributed by atoms with E-state index in [0.29, 0.717) is 11.3 Å². The van der Waals surface area contributed by atoms with Gasteiger partial charge in [-0.05, 0) is 36.8 Å². The lowest BCUT2D eigenvalue weighted by Crippen LogP contribution is -2.13. The number of nitrogens with zero attached hydrogens (tertiary/aromatic N) is 1. The average Bonchev–Trinajstić information content (AvgIpc) is 2.38. The Labute approximate surface area is 110 Å². The monoisotopic (exact) mass is 258 g/mol. The van der Waals surface area contributed by atoms with Crippen molar-refractivity contribution >= 4 is 5.91 Å². The third kappa shape index (κ3) is 3.08. The summed E-state index contributed by atoms with van der Waals surface area (Å²) < 4.78 is 5.57. The van der Waals surface area contributed by atoms with Gasteiger partial charge in [-0.2, -0.15) is 0 Å². The number of hydrogen-bond acceptors (Lipinski definition) is 4. The molecule has 0 bridgehead atoms. The molecule has 5 heteroatoms. The molecule has 0 atom stereocenters. The SMILES string of the molecule is Cc1ccc(C(N)=O)c(Oc2cccc(CO)c2)n1. The summed E-state index contributed by atoms with van der Waals surface area (Å²) in [6.45, 7) is 1.71. The second kappa shape index (κ2) is 5.49. The van der Waals surface area contributed by atoms with E-state index in [4.69, 9.17) is 15.6 Å². The molecule has 2 rings (SSSR count). The maximum absolute atomic E-state index is 11.3. The molecular weight excluding hydrogens is 244 g/mol. The van der Waals surface area contributed by atoms with Gasteiger partial charge in [0, 0.05) is 5.69 Å². The Morgan fingerprint density at radius 2 is 2.16 bits per heavy atom. The van der Waals surface area contributed by atoms with Gasteiger partial charge in [-0.1, -0.05) is 12.1 Å². The van der Waals surface area contributed by atoms with Crippen molar-refractivity contribution in [2.24, 2.45) is 5.73 Å². The molecule has 2 aromatic rings. The van der Waals surface area contributed by atoms with E-state index in [2.05, 4.69) is 4.98 Å². The number of benzene rings is 1. The molecule has 19 heavy (non-hydrogen) atoms. The van der Waals surface area contributed by atoms with E-state index in [9.17, 15) is 4.79 Å². The molecule has 0 aliphatic carbocycles. The van der Waals surface area contributed by atoms with Crippen LogP contribution in [0.25, 0.3) is 0 Å². The van der Waals surface area contributed by atoms with E-state index >= 15 is 0 Å². The van der Waals surface area contributed by atoms with Gasteiger partial charge in [-0.15, -0.1) is 0 Å². The third-order valence-electron chi connectivity index (χ3n) is 2.56. The van der Waals surface area contributed by atoms with Gasteiger partial charge >= 0.3 is 0 Å². The quantitative estimate of drug-likeness (QED) is 0.875. The Balaban J connectivity index is 2.36. The molecule has 0 spiro atoms. The van der Waals surface area contributed by atoms with Gasteiger partial charge in [-0.3, -0.25) is 4.79 Å². The summed E-state index contributed by atoms with van der Waals surface area (Å²) in [4.78, 5) is 15.5. The first-order chi connectivity index (χ1) is 9.10. The van der Waals surface area contributed by atoms with Crippen LogP contribution in [0, 0.1) is 6.92 Å². The van der Waals surface area contributed by atoms with Crippen molar-refractivity contribution in [1.82, 2.24) is 4.98 Å². The molecule has 0 radical (unpaired) electrons. The fraction of sp³-hybridized carbons (Fsp3) is 0.143. The molecule has 0 aliphatic rings.